The summed E-state index contributed by atoms with van der Waals surface area (Å²) >= 11 is 0. The quantitative estimate of drug-likeness (QED) is 0.462. The smallest absolute Gasteiger partial charge is 0.293 e. The molecule has 0 radical (unpaired) electrons. The van der Waals surface area contributed by atoms with Gasteiger partial charge in [0.1, 0.15) is 5.69 Å². The molecule has 0 aliphatic heterocycles. The predicted octanol–water partition coefficient (Wildman–Crippen LogP) is 0.762. The van der Waals surface area contributed by atoms with Crippen molar-refractivity contribution in [2.75, 3.05) is 32.5 Å². The molecule has 1 aromatic carbocycles. The van der Waals surface area contributed by atoms with Crippen molar-refractivity contribution in [3.8, 4) is 0 Å². The van der Waals surface area contributed by atoms with Crippen LogP contribution < -0.4 is 14.9 Å². The lowest BCUT2D eigenvalue weighted by Crippen LogP contribution is -3.06. The van der Waals surface area contributed by atoms with E-state index < -0.39 is 14.9 Å². The molecule has 0 aromatic heterocycles. The van der Waals surface area contributed by atoms with Crippen molar-refractivity contribution in [1.82, 2.24) is 4.72 Å². The number of rotatable bonds is 8. The summed E-state index contributed by atoms with van der Waals surface area (Å²) in [7, 11) is 0.0856. The van der Waals surface area contributed by atoms with Gasteiger partial charge < -0.3 is 10.2 Å². The topological polar surface area (TPSA) is 106 Å². The predicted molar refractivity (Wildman–Crippen MR) is 96.5 cm³/mol. The van der Waals surface area contributed by atoms with E-state index in [1.54, 1.807) is 0 Å². The monoisotopic (exact) mass is 371 g/mol. The minimum atomic E-state index is -3.76. The molecule has 2 rings (SSSR count). The van der Waals surface area contributed by atoms with Gasteiger partial charge in [0.15, 0.2) is 0 Å². The molecule has 0 amide bonds. The van der Waals surface area contributed by atoms with Gasteiger partial charge in [0.2, 0.25) is 10.0 Å². The van der Waals surface area contributed by atoms with Gasteiger partial charge in [-0.25, -0.2) is 13.1 Å². The fourth-order valence-corrected chi connectivity index (χ4v) is 3.99. The Morgan fingerprint density at radius 3 is 2.52 bits per heavy atom. The standard InChI is InChI=1S/C16H26N4O4S/c1-19(2)11-10-17-25(23,24)14-8-9-15(16(12-14)20(21)22)18-13-6-4-3-5-7-13/h8-9,12-13,17-18H,3-7,10-11H2,1-2H3/p+1. The van der Waals surface area contributed by atoms with E-state index in [4.69, 9.17) is 0 Å². The van der Waals surface area contributed by atoms with Crippen LogP contribution in [-0.4, -0.2) is 46.6 Å². The van der Waals surface area contributed by atoms with Crippen LogP contribution in [0.1, 0.15) is 32.1 Å². The number of nitro benzene ring substituents is 1. The van der Waals surface area contributed by atoms with Gasteiger partial charge in [0.25, 0.3) is 5.69 Å². The van der Waals surface area contributed by atoms with E-state index in [2.05, 4.69) is 10.0 Å². The Kier molecular flexibility index (Phi) is 6.74. The number of nitrogens with one attached hydrogen (secondary N) is 3. The number of likely N-dealkylation sites (N-methyl/N-ethyl adjacent to an activating group) is 1. The zero-order valence-electron chi connectivity index (χ0n) is 14.7. The van der Waals surface area contributed by atoms with Crippen molar-refractivity contribution in [1.29, 1.82) is 0 Å². The van der Waals surface area contributed by atoms with Gasteiger partial charge in [0, 0.05) is 12.1 Å². The first-order chi connectivity index (χ1) is 11.8. The van der Waals surface area contributed by atoms with Crippen molar-refractivity contribution >= 4 is 21.4 Å². The summed E-state index contributed by atoms with van der Waals surface area (Å²) in [4.78, 5) is 11.9. The lowest BCUT2D eigenvalue weighted by atomic mass is 9.95. The number of sulfonamides is 1. The number of anilines is 1. The Bertz CT molecular complexity index is 700. The molecular formula is C16H27N4O4S+. The van der Waals surface area contributed by atoms with E-state index in [9.17, 15) is 18.5 Å². The van der Waals surface area contributed by atoms with Crippen LogP contribution in [0, 0.1) is 10.1 Å². The van der Waals surface area contributed by atoms with Crippen molar-refractivity contribution in [3.05, 3.63) is 28.3 Å². The van der Waals surface area contributed by atoms with Gasteiger partial charge in [-0.15, -0.1) is 0 Å². The molecule has 0 bridgehead atoms. The maximum atomic E-state index is 12.3. The van der Waals surface area contributed by atoms with Crippen LogP contribution in [0.15, 0.2) is 23.1 Å². The summed E-state index contributed by atoms with van der Waals surface area (Å²) in [6.45, 7) is 0.906. The molecule has 0 atom stereocenters. The van der Waals surface area contributed by atoms with Crippen molar-refractivity contribution in [3.63, 3.8) is 0 Å². The molecule has 25 heavy (non-hydrogen) atoms. The molecule has 0 saturated heterocycles. The minimum absolute atomic E-state index is 0.0813. The molecule has 9 heteroatoms. The fraction of sp³-hybridized carbons (Fsp3) is 0.625. The Morgan fingerprint density at radius 1 is 1.24 bits per heavy atom. The third kappa shape index (κ3) is 5.65. The average molecular weight is 371 g/mol. The summed E-state index contributed by atoms with van der Waals surface area (Å²) < 4.78 is 27.1. The highest BCUT2D eigenvalue weighted by Crippen LogP contribution is 2.30. The molecule has 140 valence electrons. The van der Waals surface area contributed by atoms with Crippen LogP contribution in [0.2, 0.25) is 0 Å². The van der Waals surface area contributed by atoms with Crippen LogP contribution in [0.25, 0.3) is 0 Å². The van der Waals surface area contributed by atoms with Gasteiger partial charge in [-0.05, 0) is 25.0 Å². The van der Waals surface area contributed by atoms with Crippen LogP contribution in [0.4, 0.5) is 11.4 Å². The molecule has 3 N–H and O–H groups in total. The number of nitro groups is 1. The number of hydrogen-bond donors (Lipinski definition) is 3. The van der Waals surface area contributed by atoms with Crippen LogP contribution in [-0.2, 0) is 10.0 Å². The maximum Gasteiger partial charge on any atom is 0.293 e. The second-order valence-corrected chi connectivity index (χ2v) is 8.54. The highest BCUT2D eigenvalue weighted by Gasteiger charge is 2.23. The van der Waals surface area contributed by atoms with E-state index in [1.807, 2.05) is 14.1 Å². The second kappa shape index (κ2) is 8.59. The molecule has 0 spiro atoms. The molecule has 0 heterocycles. The van der Waals surface area contributed by atoms with Crippen molar-refractivity contribution in [2.45, 2.75) is 43.0 Å². The van der Waals surface area contributed by atoms with E-state index in [1.165, 1.54) is 18.6 Å². The first-order valence-corrected chi connectivity index (χ1v) is 10.1. The number of quaternary nitrogens is 1. The van der Waals surface area contributed by atoms with Gasteiger partial charge in [-0.2, -0.15) is 0 Å². The van der Waals surface area contributed by atoms with Gasteiger partial charge in [-0.1, -0.05) is 19.3 Å². The largest absolute Gasteiger partial charge is 0.377 e. The first kappa shape index (κ1) is 19.6. The van der Waals surface area contributed by atoms with Crippen molar-refractivity contribution < 1.29 is 18.2 Å². The molecule has 8 nitrogen and oxygen atoms in total. The second-order valence-electron chi connectivity index (χ2n) is 6.77. The fourth-order valence-electron chi connectivity index (χ4n) is 2.94. The minimum Gasteiger partial charge on any atom is -0.377 e. The normalized spacial score (nSPS) is 16.1. The summed E-state index contributed by atoms with van der Waals surface area (Å²) in [5.41, 5.74) is 0.181. The highest BCUT2D eigenvalue weighted by molar-refractivity contribution is 7.89. The highest BCUT2D eigenvalue weighted by atomic mass is 32.2. The summed E-state index contributed by atoms with van der Waals surface area (Å²) in [6.07, 6.45) is 5.36. The number of benzene rings is 1. The van der Waals surface area contributed by atoms with Gasteiger partial charge in [0.05, 0.1) is 37.0 Å². The molecule has 1 fully saturated rings. The Morgan fingerprint density at radius 2 is 1.92 bits per heavy atom. The lowest BCUT2D eigenvalue weighted by molar-refractivity contribution is -0.856. The first-order valence-electron chi connectivity index (χ1n) is 8.63. The van der Waals surface area contributed by atoms with E-state index in [0.29, 0.717) is 12.2 Å². The van der Waals surface area contributed by atoms with Crippen LogP contribution in [0.3, 0.4) is 0 Å². The average Bonchev–Trinajstić information content (AvgIpc) is 2.55. The maximum absolute atomic E-state index is 12.3. The van der Waals surface area contributed by atoms with Gasteiger partial charge in [-0.3, -0.25) is 10.1 Å². The molecular weight excluding hydrogens is 344 g/mol. The Balaban J connectivity index is 2.18. The third-order valence-electron chi connectivity index (χ3n) is 4.36. The molecule has 1 aliphatic rings. The molecule has 1 aliphatic carbocycles. The van der Waals surface area contributed by atoms with Crippen LogP contribution >= 0.6 is 0 Å². The molecule has 1 aromatic rings. The van der Waals surface area contributed by atoms with E-state index in [-0.39, 0.29) is 23.2 Å². The van der Waals surface area contributed by atoms with Gasteiger partial charge >= 0.3 is 0 Å². The molecule has 1 saturated carbocycles. The number of hydrogen-bond acceptors (Lipinski definition) is 5. The van der Waals surface area contributed by atoms with E-state index >= 15 is 0 Å². The van der Waals surface area contributed by atoms with Crippen LogP contribution in [0.5, 0.6) is 0 Å². The summed E-state index contributed by atoms with van der Waals surface area (Å²) in [6, 6.07) is 4.26. The number of nitrogens with zero attached hydrogens (tertiary/aromatic N) is 1. The zero-order chi connectivity index (χ0) is 18.4. The summed E-state index contributed by atoms with van der Waals surface area (Å²) in [5.74, 6) is 0. The lowest BCUT2D eigenvalue weighted by Gasteiger charge is -2.23. The Labute approximate surface area is 148 Å². The van der Waals surface area contributed by atoms with Crippen molar-refractivity contribution in [2.24, 2.45) is 0 Å². The Hall–Kier alpha value is -1.71. The SMILES string of the molecule is C[NH+](C)CCNS(=O)(=O)c1ccc(NC2CCCCC2)c([N+](=O)[O-])c1. The summed E-state index contributed by atoms with van der Waals surface area (Å²) in [5, 5.41) is 14.6. The molecule has 0 unspecified atom stereocenters. The van der Waals surface area contributed by atoms with E-state index in [0.717, 1.165) is 36.6 Å². The third-order valence-corrected chi connectivity index (χ3v) is 5.82. The zero-order valence-corrected chi connectivity index (χ0v) is 15.6.